The Kier molecular flexibility index (Phi) is 5.06. The van der Waals surface area contributed by atoms with E-state index in [1.807, 2.05) is 18.2 Å². The zero-order valence-electron chi connectivity index (χ0n) is 15.7. The Morgan fingerprint density at radius 2 is 2.08 bits per heavy atom. The number of halogens is 1. The van der Waals surface area contributed by atoms with Gasteiger partial charge >= 0.3 is 0 Å². The van der Waals surface area contributed by atoms with Gasteiger partial charge in [0, 0.05) is 18.0 Å². The molecule has 6 heteroatoms. The Morgan fingerprint density at radius 1 is 1.35 bits per heavy atom. The van der Waals surface area contributed by atoms with Crippen LogP contribution in [0.1, 0.15) is 45.9 Å². The fourth-order valence-corrected chi connectivity index (χ4v) is 4.01. The van der Waals surface area contributed by atoms with Crippen molar-refractivity contribution < 1.29 is 9.21 Å². The van der Waals surface area contributed by atoms with Gasteiger partial charge in [-0.05, 0) is 61.4 Å². The minimum absolute atomic E-state index is 0. The topological polar surface area (TPSA) is 67.2 Å². The van der Waals surface area contributed by atoms with Gasteiger partial charge in [-0.25, -0.2) is 4.98 Å². The van der Waals surface area contributed by atoms with Gasteiger partial charge in [0.1, 0.15) is 5.52 Å². The zero-order chi connectivity index (χ0) is 17.7. The third kappa shape index (κ3) is 3.89. The molecule has 1 atom stereocenters. The van der Waals surface area contributed by atoms with E-state index in [0.29, 0.717) is 0 Å². The number of aromatic nitrogens is 1. The lowest BCUT2D eigenvalue weighted by molar-refractivity contribution is -0.118. The molecule has 5 nitrogen and oxygen atoms in total. The van der Waals surface area contributed by atoms with Gasteiger partial charge in [0.15, 0.2) is 11.5 Å². The molecule has 2 heterocycles. The smallest absolute Gasteiger partial charge is 0.228 e. The molecule has 1 saturated heterocycles. The minimum atomic E-state index is 0. The summed E-state index contributed by atoms with van der Waals surface area (Å²) in [5.41, 5.74) is 2.78. The molecule has 1 spiro atoms. The summed E-state index contributed by atoms with van der Waals surface area (Å²) >= 11 is 0. The summed E-state index contributed by atoms with van der Waals surface area (Å²) in [5, 5.41) is 6.46. The van der Waals surface area contributed by atoms with E-state index in [2.05, 4.69) is 36.4 Å². The van der Waals surface area contributed by atoms with Crippen LogP contribution in [-0.4, -0.2) is 24.0 Å². The number of carbonyl (C=O) groups excluding carboxylic acids is 1. The molecule has 2 N–H and O–H groups in total. The van der Waals surface area contributed by atoms with Crippen LogP contribution in [0.3, 0.4) is 0 Å². The fraction of sp³-hybridized carbons (Fsp3) is 0.600. The van der Waals surface area contributed by atoms with E-state index in [-0.39, 0.29) is 35.1 Å². The summed E-state index contributed by atoms with van der Waals surface area (Å²) in [6.07, 6.45) is 4.05. The van der Waals surface area contributed by atoms with Gasteiger partial charge in [-0.1, -0.05) is 20.8 Å². The lowest BCUT2D eigenvalue weighted by Crippen LogP contribution is -2.31. The molecule has 0 radical (unpaired) electrons. The van der Waals surface area contributed by atoms with Crippen LogP contribution in [0.2, 0.25) is 0 Å². The average Bonchev–Trinajstić information content (AvgIpc) is 3.07. The Labute approximate surface area is 160 Å². The van der Waals surface area contributed by atoms with Crippen LogP contribution in [0.5, 0.6) is 0 Å². The molecule has 2 aromatic rings. The Bertz CT molecular complexity index is 803. The first-order valence-corrected chi connectivity index (χ1v) is 9.26. The number of nitrogens with one attached hydrogen (secondary N) is 2. The third-order valence-electron chi connectivity index (χ3n) is 5.49. The molecule has 1 aromatic carbocycles. The number of hydrogen-bond acceptors (Lipinski definition) is 4. The van der Waals surface area contributed by atoms with Crippen molar-refractivity contribution in [2.75, 3.05) is 18.4 Å². The highest BCUT2D eigenvalue weighted by Gasteiger charge is 2.57. The van der Waals surface area contributed by atoms with Crippen molar-refractivity contribution in [2.45, 2.75) is 46.5 Å². The van der Waals surface area contributed by atoms with E-state index in [1.165, 1.54) is 0 Å². The third-order valence-corrected chi connectivity index (χ3v) is 5.49. The number of nitrogens with zero attached hydrogens (tertiary/aromatic N) is 1. The van der Waals surface area contributed by atoms with Gasteiger partial charge in [-0.2, -0.15) is 0 Å². The summed E-state index contributed by atoms with van der Waals surface area (Å²) in [6.45, 7) is 8.57. The van der Waals surface area contributed by atoms with E-state index in [4.69, 9.17) is 4.42 Å². The van der Waals surface area contributed by atoms with Crippen LogP contribution < -0.4 is 10.6 Å². The normalized spacial score (nSPS) is 21.4. The summed E-state index contributed by atoms with van der Waals surface area (Å²) < 4.78 is 5.82. The molecule has 1 aromatic heterocycles. The lowest BCUT2D eigenvalue weighted by Gasteiger charge is -2.23. The molecule has 26 heavy (non-hydrogen) atoms. The molecule has 2 fully saturated rings. The Balaban J connectivity index is 0.00000196. The molecule has 4 rings (SSSR count). The fourth-order valence-electron chi connectivity index (χ4n) is 4.01. The second-order valence-corrected chi connectivity index (χ2v) is 8.89. The molecule has 142 valence electrons. The van der Waals surface area contributed by atoms with E-state index in [1.54, 1.807) is 0 Å². The van der Waals surface area contributed by atoms with Gasteiger partial charge in [0.2, 0.25) is 5.91 Å². The molecular weight excluding hydrogens is 350 g/mol. The van der Waals surface area contributed by atoms with E-state index < -0.39 is 0 Å². The molecule has 2 aliphatic rings. The summed E-state index contributed by atoms with van der Waals surface area (Å²) in [6, 6.07) is 5.72. The molecular formula is C20H28ClN3O2. The monoisotopic (exact) mass is 377 g/mol. The number of carbonyl (C=O) groups is 1. The standard InChI is InChI=1S/C20H27N3O2.ClH/c1-19(2,3)12-17-23-15-10-13(4-5-16(15)25-17)22-18(24)14-11-20(14)6-8-21-9-7-20;/h4-5,10,14,21H,6-9,11-12H2,1-3H3,(H,22,24);1H. The van der Waals surface area contributed by atoms with Crippen LogP contribution >= 0.6 is 12.4 Å². The second kappa shape index (κ2) is 6.86. The van der Waals surface area contributed by atoms with Gasteiger partial charge in [0.05, 0.1) is 0 Å². The van der Waals surface area contributed by atoms with Crippen molar-refractivity contribution in [3.8, 4) is 0 Å². The quantitative estimate of drug-likeness (QED) is 0.842. The van der Waals surface area contributed by atoms with Crippen LogP contribution in [0.15, 0.2) is 22.6 Å². The summed E-state index contributed by atoms with van der Waals surface area (Å²) in [7, 11) is 0. The molecule has 0 bridgehead atoms. The van der Waals surface area contributed by atoms with Crippen LogP contribution in [0, 0.1) is 16.7 Å². The predicted octanol–water partition coefficient (Wildman–Crippen LogP) is 4.17. The van der Waals surface area contributed by atoms with E-state index in [0.717, 1.165) is 61.5 Å². The molecule has 1 aliphatic heterocycles. The average molecular weight is 378 g/mol. The van der Waals surface area contributed by atoms with Crippen molar-refractivity contribution in [2.24, 2.45) is 16.7 Å². The molecule has 1 aliphatic carbocycles. The number of amides is 1. The second-order valence-electron chi connectivity index (χ2n) is 8.89. The Morgan fingerprint density at radius 3 is 2.77 bits per heavy atom. The summed E-state index contributed by atoms with van der Waals surface area (Å²) in [4.78, 5) is 17.2. The number of fused-ring (bicyclic) bond motifs is 1. The van der Waals surface area contributed by atoms with Gasteiger partial charge in [-0.15, -0.1) is 12.4 Å². The number of rotatable bonds is 3. The first-order valence-electron chi connectivity index (χ1n) is 9.26. The van der Waals surface area contributed by atoms with Crippen molar-refractivity contribution in [1.29, 1.82) is 0 Å². The van der Waals surface area contributed by atoms with E-state index in [9.17, 15) is 4.79 Å². The first kappa shape index (κ1) is 19.2. The maximum Gasteiger partial charge on any atom is 0.228 e. The molecule has 1 amide bonds. The highest BCUT2D eigenvalue weighted by Crippen LogP contribution is 2.58. The Hall–Kier alpha value is -1.59. The van der Waals surface area contributed by atoms with Crippen LogP contribution in [0.4, 0.5) is 5.69 Å². The number of piperidine rings is 1. The SMILES string of the molecule is CC(C)(C)Cc1nc2cc(NC(=O)C3CC34CCNCC4)ccc2o1.Cl. The largest absolute Gasteiger partial charge is 0.441 e. The van der Waals surface area contributed by atoms with Crippen molar-refractivity contribution >= 4 is 35.1 Å². The highest BCUT2D eigenvalue weighted by molar-refractivity contribution is 5.96. The number of oxazole rings is 1. The highest BCUT2D eigenvalue weighted by atomic mass is 35.5. The van der Waals surface area contributed by atoms with Crippen molar-refractivity contribution in [3.05, 3.63) is 24.1 Å². The lowest BCUT2D eigenvalue weighted by atomic mass is 9.92. The van der Waals surface area contributed by atoms with Crippen molar-refractivity contribution in [3.63, 3.8) is 0 Å². The zero-order valence-corrected chi connectivity index (χ0v) is 16.5. The first-order chi connectivity index (χ1) is 11.8. The van der Waals surface area contributed by atoms with Crippen LogP contribution in [0.25, 0.3) is 11.1 Å². The van der Waals surface area contributed by atoms with Gasteiger partial charge in [-0.3, -0.25) is 4.79 Å². The molecule has 1 unspecified atom stereocenters. The number of benzene rings is 1. The maximum absolute atomic E-state index is 12.6. The number of anilines is 1. The minimum Gasteiger partial charge on any atom is -0.441 e. The van der Waals surface area contributed by atoms with Crippen LogP contribution in [-0.2, 0) is 11.2 Å². The van der Waals surface area contributed by atoms with Crippen molar-refractivity contribution in [1.82, 2.24) is 10.3 Å². The summed E-state index contributed by atoms with van der Waals surface area (Å²) in [5.74, 6) is 1.07. The van der Waals surface area contributed by atoms with E-state index >= 15 is 0 Å². The number of hydrogen-bond donors (Lipinski definition) is 2. The molecule has 1 saturated carbocycles. The maximum atomic E-state index is 12.6. The predicted molar refractivity (Wildman–Crippen MR) is 106 cm³/mol. The van der Waals surface area contributed by atoms with Gasteiger partial charge < -0.3 is 15.1 Å². The van der Waals surface area contributed by atoms with Gasteiger partial charge in [0.25, 0.3) is 0 Å².